The van der Waals surface area contributed by atoms with E-state index in [2.05, 4.69) is 53.8 Å². The van der Waals surface area contributed by atoms with Gasteiger partial charge in [-0.15, -0.1) is 0 Å². The molecule has 186 valence electrons. The first-order valence-electron chi connectivity index (χ1n) is 12.6. The molecule has 1 aromatic heterocycles. The van der Waals surface area contributed by atoms with Crippen molar-refractivity contribution in [3.05, 3.63) is 47.2 Å². The molecule has 4 rings (SSSR count). The molecular weight excluding hydrogens is 448 g/mol. The molecule has 2 fully saturated rings. The molecule has 2 aromatic rings. The average Bonchev–Trinajstić information content (AvgIpc) is 3.35. The molecular formula is C26H38N4O3S. The third kappa shape index (κ3) is 6.08. The number of sulfone groups is 1. The van der Waals surface area contributed by atoms with E-state index < -0.39 is 9.84 Å². The third-order valence-electron chi connectivity index (χ3n) is 7.20. The normalized spacial score (nSPS) is 21.6. The van der Waals surface area contributed by atoms with Gasteiger partial charge in [-0.05, 0) is 49.1 Å². The van der Waals surface area contributed by atoms with Crippen molar-refractivity contribution in [2.24, 2.45) is 5.92 Å². The Labute approximate surface area is 203 Å². The minimum atomic E-state index is -3.04. The molecule has 34 heavy (non-hydrogen) atoms. The van der Waals surface area contributed by atoms with Crippen molar-refractivity contribution in [2.45, 2.75) is 77.3 Å². The Kier molecular flexibility index (Phi) is 7.77. The smallest absolute Gasteiger partial charge is 0.239 e. The van der Waals surface area contributed by atoms with Crippen molar-refractivity contribution in [3.63, 3.8) is 0 Å². The summed E-state index contributed by atoms with van der Waals surface area (Å²) < 4.78 is 25.5. The molecule has 0 spiro atoms. The molecule has 2 N–H and O–H groups in total. The average molecular weight is 487 g/mol. The molecule has 1 saturated heterocycles. The molecule has 2 unspecified atom stereocenters. The summed E-state index contributed by atoms with van der Waals surface area (Å²) in [6, 6.07) is 10.6. The van der Waals surface area contributed by atoms with Gasteiger partial charge in [0.15, 0.2) is 9.84 Å². The Morgan fingerprint density at radius 2 is 1.82 bits per heavy atom. The fourth-order valence-electron chi connectivity index (χ4n) is 5.40. The van der Waals surface area contributed by atoms with Crippen LogP contribution in [0.15, 0.2) is 30.3 Å². The first-order chi connectivity index (χ1) is 16.2. The van der Waals surface area contributed by atoms with E-state index in [4.69, 9.17) is 0 Å². The van der Waals surface area contributed by atoms with Crippen molar-refractivity contribution in [2.75, 3.05) is 23.4 Å². The van der Waals surface area contributed by atoms with Gasteiger partial charge in [0.2, 0.25) is 5.91 Å². The van der Waals surface area contributed by atoms with E-state index in [0.29, 0.717) is 24.1 Å². The molecule has 2 heterocycles. The van der Waals surface area contributed by atoms with Crippen LogP contribution in [0.4, 0.5) is 5.82 Å². The van der Waals surface area contributed by atoms with Gasteiger partial charge in [0.05, 0.1) is 29.8 Å². The van der Waals surface area contributed by atoms with Crippen LogP contribution in [0, 0.1) is 12.8 Å². The molecule has 0 radical (unpaired) electrons. The van der Waals surface area contributed by atoms with Crippen molar-refractivity contribution in [3.8, 4) is 0 Å². The summed E-state index contributed by atoms with van der Waals surface area (Å²) in [5, 5.41) is 10.8. The Hall–Kier alpha value is -2.19. The Morgan fingerprint density at radius 3 is 2.44 bits per heavy atom. The van der Waals surface area contributed by atoms with Gasteiger partial charge in [0, 0.05) is 12.1 Å². The Balaban J connectivity index is 1.37. The zero-order valence-corrected chi connectivity index (χ0v) is 21.4. The van der Waals surface area contributed by atoms with Crippen LogP contribution < -0.4 is 10.6 Å². The van der Waals surface area contributed by atoms with Gasteiger partial charge in [-0.25, -0.2) is 13.1 Å². The highest BCUT2D eigenvalue weighted by Gasteiger charge is 2.31. The summed E-state index contributed by atoms with van der Waals surface area (Å²) in [5.74, 6) is 1.64. The van der Waals surface area contributed by atoms with Crippen molar-refractivity contribution < 1.29 is 13.2 Å². The summed E-state index contributed by atoms with van der Waals surface area (Å²) in [5.41, 5.74) is 3.38. The van der Waals surface area contributed by atoms with Crippen molar-refractivity contribution >= 4 is 21.6 Å². The van der Waals surface area contributed by atoms with Crippen LogP contribution in [0.5, 0.6) is 0 Å². The first-order valence-corrected chi connectivity index (χ1v) is 14.4. The molecule has 1 aromatic carbocycles. The standard InChI is InChI=1S/C26H38N4O3S/c1-18(2)26(22-11-9-21(10-12-22)20-7-5-4-6-8-20)27-16-25(31)28-24-15-19(3)29-30(24)23-13-14-34(32,33)17-23/h9-12,15,18,20,23,26-27H,4-8,13-14,16-17H2,1-3H3,(H,28,31). The molecule has 1 amide bonds. The number of aromatic nitrogens is 2. The van der Waals surface area contributed by atoms with Crippen LogP contribution >= 0.6 is 0 Å². The highest BCUT2D eigenvalue weighted by Crippen LogP contribution is 2.33. The second-order valence-electron chi connectivity index (χ2n) is 10.3. The topological polar surface area (TPSA) is 93.1 Å². The Morgan fingerprint density at radius 1 is 1.12 bits per heavy atom. The van der Waals surface area contributed by atoms with E-state index in [1.807, 2.05) is 6.92 Å². The number of aryl methyl sites for hydroxylation is 1. The van der Waals surface area contributed by atoms with E-state index in [0.717, 1.165) is 5.69 Å². The lowest BCUT2D eigenvalue weighted by Gasteiger charge is -2.25. The van der Waals surface area contributed by atoms with E-state index in [9.17, 15) is 13.2 Å². The maximum Gasteiger partial charge on any atom is 0.239 e. The van der Waals surface area contributed by atoms with Crippen LogP contribution in [0.3, 0.4) is 0 Å². The van der Waals surface area contributed by atoms with Gasteiger partial charge in [-0.2, -0.15) is 5.10 Å². The van der Waals surface area contributed by atoms with E-state index >= 15 is 0 Å². The molecule has 2 atom stereocenters. The van der Waals surface area contributed by atoms with Crippen molar-refractivity contribution in [1.29, 1.82) is 0 Å². The summed E-state index contributed by atoms with van der Waals surface area (Å²) in [6.45, 7) is 6.33. The fourth-order valence-corrected chi connectivity index (χ4v) is 7.09. The van der Waals surface area contributed by atoms with Crippen LogP contribution in [0.1, 0.15) is 87.2 Å². The SMILES string of the molecule is Cc1cc(NC(=O)CNC(c2ccc(C3CCCCC3)cc2)C(C)C)n(C2CCS(=O)(=O)C2)n1. The minimum absolute atomic E-state index is 0.0674. The van der Waals surface area contributed by atoms with E-state index in [-0.39, 0.29) is 36.0 Å². The number of hydrogen-bond donors (Lipinski definition) is 2. The van der Waals surface area contributed by atoms with Crippen molar-refractivity contribution in [1.82, 2.24) is 15.1 Å². The lowest BCUT2D eigenvalue weighted by molar-refractivity contribution is -0.115. The number of hydrogen-bond acceptors (Lipinski definition) is 5. The van der Waals surface area contributed by atoms with E-state index in [1.165, 1.54) is 43.2 Å². The summed E-state index contributed by atoms with van der Waals surface area (Å²) >= 11 is 0. The summed E-state index contributed by atoms with van der Waals surface area (Å²) in [6.07, 6.45) is 7.11. The number of nitrogens with zero attached hydrogens (tertiary/aromatic N) is 2. The van der Waals surface area contributed by atoms with E-state index in [1.54, 1.807) is 10.7 Å². The number of carbonyl (C=O) groups excluding carboxylic acids is 1. The predicted octanol–water partition coefficient (Wildman–Crippen LogP) is 4.52. The number of benzene rings is 1. The third-order valence-corrected chi connectivity index (χ3v) is 8.95. The molecule has 7 nitrogen and oxygen atoms in total. The molecule has 2 aliphatic rings. The van der Waals surface area contributed by atoms with Crippen LogP contribution in [-0.2, 0) is 14.6 Å². The number of rotatable bonds is 8. The van der Waals surface area contributed by atoms with Gasteiger partial charge in [-0.3, -0.25) is 4.79 Å². The Bertz CT molecular complexity index is 1090. The first kappa shape index (κ1) is 24.9. The highest BCUT2D eigenvalue weighted by molar-refractivity contribution is 7.91. The molecule has 1 aliphatic carbocycles. The zero-order chi connectivity index (χ0) is 24.3. The maximum atomic E-state index is 12.8. The second kappa shape index (κ2) is 10.6. The molecule has 0 bridgehead atoms. The quantitative estimate of drug-likeness (QED) is 0.572. The lowest BCUT2D eigenvalue weighted by Crippen LogP contribution is -2.34. The van der Waals surface area contributed by atoms with Crippen LogP contribution in [0.25, 0.3) is 0 Å². The van der Waals surface area contributed by atoms with Crippen LogP contribution in [-0.4, -0.2) is 42.2 Å². The number of anilines is 1. The van der Waals surface area contributed by atoms with Gasteiger partial charge >= 0.3 is 0 Å². The van der Waals surface area contributed by atoms with Gasteiger partial charge in [-0.1, -0.05) is 57.4 Å². The van der Waals surface area contributed by atoms with Crippen LogP contribution in [0.2, 0.25) is 0 Å². The van der Waals surface area contributed by atoms with Gasteiger partial charge in [0.25, 0.3) is 0 Å². The molecule has 1 aliphatic heterocycles. The largest absolute Gasteiger partial charge is 0.310 e. The summed E-state index contributed by atoms with van der Waals surface area (Å²) in [7, 11) is -3.04. The number of carbonyl (C=O) groups is 1. The van der Waals surface area contributed by atoms with Gasteiger partial charge in [0.1, 0.15) is 5.82 Å². The minimum Gasteiger partial charge on any atom is -0.310 e. The number of nitrogens with one attached hydrogen (secondary N) is 2. The fraction of sp³-hybridized carbons (Fsp3) is 0.615. The second-order valence-corrected chi connectivity index (χ2v) is 12.6. The summed E-state index contributed by atoms with van der Waals surface area (Å²) in [4.78, 5) is 12.8. The highest BCUT2D eigenvalue weighted by atomic mass is 32.2. The lowest BCUT2D eigenvalue weighted by atomic mass is 9.83. The monoisotopic (exact) mass is 486 g/mol. The number of amides is 1. The molecule has 8 heteroatoms. The zero-order valence-electron chi connectivity index (χ0n) is 20.6. The van der Waals surface area contributed by atoms with Gasteiger partial charge < -0.3 is 10.6 Å². The predicted molar refractivity (Wildman–Crippen MR) is 136 cm³/mol. The molecule has 1 saturated carbocycles. The maximum absolute atomic E-state index is 12.8.